The number of benzene rings is 2. The highest BCUT2D eigenvalue weighted by Crippen LogP contribution is 2.25. The number of carbonyl (C=O) groups excluding carboxylic acids is 1. The summed E-state index contributed by atoms with van der Waals surface area (Å²) in [4.78, 5) is 12.0. The Morgan fingerprint density at radius 2 is 1.81 bits per heavy atom. The fourth-order valence-electron chi connectivity index (χ4n) is 1.77. The fraction of sp³-hybridized carbons (Fsp3) is 0.0714. The van der Waals surface area contributed by atoms with Gasteiger partial charge in [0.15, 0.2) is 11.6 Å². The van der Waals surface area contributed by atoms with E-state index in [1.807, 2.05) is 12.3 Å². The van der Waals surface area contributed by atoms with Crippen molar-refractivity contribution in [1.82, 2.24) is 0 Å². The van der Waals surface area contributed by atoms with Crippen LogP contribution in [0, 0.1) is 18.6 Å². The minimum Gasteiger partial charge on any atom is -0.321 e. The van der Waals surface area contributed by atoms with E-state index in [0.717, 1.165) is 17.7 Å². The number of carbonyl (C=O) groups is 1. The zero-order valence-electron chi connectivity index (χ0n) is 11.0. The van der Waals surface area contributed by atoms with Gasteiger partial charge in [0.25, 0.3) is 5.91 Å². The monoisotopic (exact) mass is 311 g/mol. The van der Waals surface area contributed by atoms with Crippen LogP contribution in [0.4, 0.5) is 20.2 Å². The number of nitrogens with two attached hydrogens (primary N) is 1. The van der Waals surface area contributed by atoms with Crippen molar-refractivity contribution in [2.24, 2.45) is 5.84 Å². The quantitative estimate of drug-likeness (QED) is 0.600. The van der Waals surface area contributed by atoms with Crippen molar-refractivity contribution < 1.29 is 13.6 Å². The summed E-state index contributed by atoms with van der Waals surface area (Å²) in [6.07, 6.45) is 0. The van der Waals surface area contributed by atoms with Gasteiger partial charge in [-0.2, -0.15) is 0 Å². The van der Waals surface area contributed by atoms with Crippen LogP contribution in [0.25, 0.3) is 0 Å². The SMILES string of the molecule is Cc1ccc(Cl)c(NC(=O)c2cc(F)c(NN)c(F)c2)c1. The number of hydrogen-bond acceptors (Lipinski definition) is 3. The van der Waals surface area contributed by atoms with Crippen molar-refractivity contribution in [2.75, 3.05) is 10.7 Å². The average molecular weight is 312 g/mol. The standard InChI is InChI=1S/C14H12ClF2N3O/c1-7-2-3-9(15)12(4-7)19-14(21)8-5-10(16)13(20-18)11(17)6-8/h2-6,20H,18H2,1H3,(H,19,21). The van der Waals surface area contributed by atoms with Gasteiger partial charge in [-0.3, -0.25) is 10.6 Å². The maximum absolute atomic E-state index is 13.6. The Kier molecular flexibility index (Phi) is 4.40. The smallest absolute Gasteiger partial charge is 0.255 e. The second-order valence-electron chi connectivity index (χ2n) is 4.40. The van der Waals surface area contributed by atoms with Crippen LogP contribution in [-0.4, -0.2) is 5.91 Å². The largest absolute Gasteiger partial charge is 0.321 e. The number of aryl methyl sites for hydroxylation is 1. The number of halogens is 3. The van der Waals surface area contributed by atoms with Gasteiger partial charge in [-0.05, 0) is 36.8 Å². The van der Waals surface area contributed by atoms with Gasteiger partial charge >= 0.3 is 0 Å². The fourth-order valence-corrected chi connectivity index (χ4v) is 1.94. The molecule has 0 spiro atoms. The molecule has 110 valence electrons. The third-order valence-electron chi connectivity index (χ3n) is 2.82. The lowest BCUT2D eigenvalue weighted by atomic mass is 10.1. The van der Waals surface area contributed by atoms with Crippen LogP contribution in [-0.2, 0) is 0 Å². The van der Waals surface area contributed by atoms with Crippen molar-refractivity contribution in [3.63, 3.8) is 0 Å². The van der Waals surface area contributed by atoms with Gasteiger partial charge in [0.2, 0.25) is 0 Å². The van der Waals surface area contributed by atoms with Gasteiger partial charge < -0.3 is 10.7 Å². The number of anilines is 2. The molecule has 4 nitrogen and oxygen atoms in total. The first-order valence-corrected chi connectivity index (χ1v) is 6.33. The summed E-state index contributed by atoms with van der Waals surface area (Å²) < 4.78 is 27.1. The summed E-state index contributed by atoms with van der Waals surface area (Å²) >= 11 is 5.95. The van der Waals surface area contributed by atoms with Gasteiger partial charge in [-0.15, -0.1) is 0 Å². The van der Waals surface area contributed by atoms with Crippen molar-refractivity contribution in [1.29, 1.82) is 0 Å². The topological polar surface area (TPSA) is 67.2 Å². The molecule has 0 saturated carbocycles. The maximum Gasteiger partial charge on any atom is 0.255 e. The molecule has 0 heterocycles. The van der Waals surface area contributed by atoms with Crippen LogP contribution in [0.2, 0.25) is 5.02 Å². The van der Waals surface area contributed by atoms with Gasteiger partial charge in [0, 0.05) is 5.56 Å². The summed E-state index contributed by atoms with van der Waals surface area (Å²) in [5.74, 6) is 2.39. The van der Waals surface area contributed by atoms with E-state index in [0.29, 0.717) is 10.7 Å². The molecule has 7 heteroatoms. The lowest BCUT2D eigenvalue weighted by Crippen LogP contribution is -2.15. The summed E-state index contributed by atoms with van der Waals surface area (Å²) in [6.45, 7) is 1.83. The Morgan fingerprint density at radius 1 is 1.19 bits per heavy atom. The lowest BCUT2D eigenvalue weighted by Gasteiger charge is -2.10. The second kappa shape index (κ2) is 6.07. The zero-order chi connectivity index (χ0) is 15.6. The van der Waals surface area contributed by atoms with Crippen LogP contribution in [0.1, 0.15) is 15.9 Å². The molecule has 2 aromatic rings. The minimum absolute atomic E-state index is 0.179. The highest BCUT2D eigenvalue weighted by atomic mass is 35.5. The summed E-state index contributed by atoms with van der Waals surface area (Å²) in [6, 6.07) is 6.82. The van der Waals surface area contributed by atoms with Gasteiger partial charge in [0.1, 0.15) is 5.69 Å². The van der Waals surface area contributed by atoms with Gasteiger partial charge in [-0.25, -0.2) is 8.78 Å². The summed E-state index contributed by atoms with van der Waals surface area (Å²) in [5, 5.41) is 2.83. The first-order chi connectivity index (χ1) is 9.92. The van der Waals surface area contributed by atoms with E-state index in [4.69, 9.17) is 17.4 Å². The third kappa shape index (κ3) is 3.29. The molecule has 0 bridgehead atoms. The zero-order valence-corrected chi connectivity index (χ0v) is 11.8. The van der Waals surface area contributed by atoms with E-state index in [1.54, 1.807) is 18.2 Å². The molecule has 0 aromatic heterocycles. The van der Waals surface area contributed by atoms with Crippen LogP contribution < -0.4 is 16.6 Å². The molecular formula is C14H12ClF2N3O. The molecule has 0 radical (unpaired) electrons. The van der Waals surface area contributed by atoms with Gasteiger partial charge in [-0.1, -0.05) is 17.7 Å². The Balaban J connectivity index is 2.31. The minimum atomic E-state index is -0.960. The van der Waals surface area contributed by atoms with E-state index < -0.39 is 23.2 Å². The highest BCUT2D eigenvalue weighted by Gasteiger charge is 2.15. The van der Waals surface area contributed by atoms with Crippen LogP contribution in [0.5, 0.6) is 0 Å². The number of hydrogen-bond donors (Lipinski definition) is 3. The molecule has 4 N–H and O–H groups in total. The Morgan fingerprint density at radius 3 is 2.38 bits per heavy atom. The van der Waals surface area contributed by atoms with E-state index in [-0.39, 0.29) is 5.56 Å². The molecule has 1 amide bonds. The number of nitrogen functional groups attached to an aromatic ring is 1. The maximum atomic E-state index is 13.6. The predicted molar refractivity (Wildman–Crippen MR) is 78.3 cm³/mol. The van der Waals surface area contributed by atoms with Crippen LogP contribution in [0.3, 0.4) is 0 Å². The molecule has 0 aliphatic carbocycles. The normalized spacial score (nSPS) is 10.3. The first-order valence-electron chi connectivity index (χ1n) is 5.95. The third-order valence-corrected chi connectivity index (χ3v) is 3.15. The highest BCUT2D eigenvalue weighted by molar-refractivity contribution is 6.34. The van der Waals surface area contributed by atoms with E-state index >= 15 is 0 Å². The Labute approximate surface area is 124 Å². The molecule has 0 unspecified atom stereocenters. The number of nitrogens with one attached hydrogen (secondary N) is 2. The van der Waals surface area contributed by atoms with Crippen LogP contribution >= 0.6 is 11.6 Å². The van der Waals surface area contributed by atoms with Crippen molar-refractivity contribution in [3.8, 4) is 0 Å². The van der Waals surface area contributed by atoms with E-state index in [9.17, 15) is 13.6 Å². The average Bonchev–Trinajstić information content (AvgIpc) is 2.42. The number of amides is 1. The van der Waals surface area contributed by atoms with Crippen molar-refractivity contribution in [2.45, 2.75) is 6.92 Å². The number of rotatable bonds is 3. The molecule has 0 atom stereocenters. The van der Waals surface area contributed by atoms with Crippen molar-refractivity contribution >= 4 is 28.9 Å². The summed E-state index contributed by atoms with van der Waals surface area (Å²) in [7, 11) is 0. The predicted octanol–water partition coefficient (Wildman–Crippen LogP) is 3.46. The molecule has 0 aliphatic rings. The molecular weight excluding hydrogens is 300 g/mol. The van der Waals surface area contributed by atoms with Crippen molar-refractivity contribution in [3.05, 3.63) is 58.1 Å². The Hall–Kier alpha value is -2.18. The first kappa shape index (κ1) is 15.2. The molecule has 2 aromatic carbocycles. The van der Waals surface area contributed by atoms with E-state index in [1.165, 1.54) is 0 Å². The van der Waals surface area contributed by atoms with Gasteiger partial charge in [0.05, 0.1) is 10.7 Å². The Bertz CT molecular complexity index is 684. The molecule has 2 rings (SSSR count). The second-order valence-corrected chi connectivity index (χ2v) is 4.80. The lowest BCUT2D eigenvalue weighted by molar-refractivity contribution is 0.102. The molecule has 0 fully saturated rings. The summed E-state index contributed by atoms with van der Waals surface area (Å²) in [5.41, 5.74) is 2.46. The molecule has 0 aliphatic heterocycles. The number of hydrazine groups is 1. The van der Waals surface area contributed by atoms with Crippen LogP contribution in [0.15, 0.2) is 30.3 Å². The molecule has 21 heavy (non-hydrogen) atoms. The molecule has 0 saturated heterocycles. The van der Waals surface area contributed by atoms with E-state index in [2.05, 4.69) is 5.32 Å².